The van der Waals surface area contributed by atoms with E-state index in [1.54, 1.807) is 7.05 Å². The number of amides is 2. The van der Waals surface area contributed by atoms with E-state index in [0.29, 0.717) is 6.54 Å². The van der Waals surface area contributed by atoms with Crippen molar-refractivity contribution < 1.29 is 9.90 Å². The number of hydrogen-bond acceptors (Lipinski definition) is 2. The van der Waals surface area contributed by atoms with Crippen molar-refractivity contribution in [3.8, 4) is 0 Å². The molecule has 0 aliphatic heterocycles. The Morgan fingerprint density at radius 1 is 1.45 bits per heavy atom. The molecule has 1 aromatic carbocycles. The number of nitrogens with zero attached hydrogens (tertiary/aromatic N) is 1. The van der Waals surface area contributed by atoms with Gasteiger partial charge in [0.1, 0.15) is 0 Å². The number of carbonyl (C=O) groups is 1. The number of benzene rings is 1. The summed E-state index contributed by atoms with van der Waals surface area (Å²) in [6.45, 7) is 4.84. The van der Waals surface area contributed by atoms with Gasteiger partial charge in [-0.1, -0.05) is 38.1 Å². The molecule has 2 N–H and O–H groups in total. The molecule has 110 valence electrons. The van der Waals surface area contributed by atoms with Gasteiger partial charge in [0.25, 0.3) is 0 Å². The van der Waals surface area contributed by atoms with Crippen LogP contribution < -0.4 is 5.32 Å². The van der Waals surface area contributed by atoms with Gasteiger partial charge in [-0.05, 0) is 29.4 Å². The van der Waals surface area contributed by atoms with Crippen molar-refractivity contribution in [1.29, 1.82) is 0 Å². The van der Waals surface area contributed by atoms with E-state index in [1.165, 1.54) is 16.0 Å². The van der Waals surface area contributed by atoms with Crippen LogP contribution in [0.4, 0.5) is 4.79 Å². The van der Waals surface area contributed by atoms with E-state index >= 15 is 0 Å². The Balaban J connectivity index is 2.17. The van der Waals surface area contributed by atoms with Crippen LogP contribution in [0.15, 0.2) is 24.3 Å². The fourth-order valence-electron chi connectivity index (χ4n) is 2.87. The second-order valence-corrected chi connectivity index (χ2v) is 6.16. The zero-order valence-electron chi connectivity index (χ0n) is 12.5. The van der Waals surface area contributed by atoms with Gasteiger partial charge in [0.05, 0.1) is 12.6 Å². The molecule has 4 nitrogen and oxygen atoms in total. The normalized spacial score (nSPS) is 20.1. The number of fused-ring (bicyclic) bond motifs is 1. The third-order valence-corrected chi connectivity index (χ3v) is 4.20. The van der Waals surface area contributed by atoms with Crippen LogP contribution >= 0.6 is 0 Å². The summed E-state index contributed by atoms with van der Waals surface area (Å²) in [5, 5.41) is 12.0. The first-order valence-electron chi connectivity index (χ1n) is 7.17. The molecule has 1 aliphatic rings. The molecule has 1 aliphatic carbocycles. The molecular weight excluding hydrogens is 252 g/mol. The smallest absolute Gasteiger partial charge is 0.317 e. The summed E-state index contributed by atoms with van der Waals surface area (Å²) in [4.78, 5) is 13.6. The maximum Gasteiger partial charge on any atom is 0.317 e. The van der Waals surface area contributed by atoms with Crippen molar-refractivity contribution in [2.45, 2.75) is 38.1 Å². The highest BCUT2D eigenvalue weighted by Gasteiger charge is 2.33. The number of aliphatic hydroxyl groups excluding tert-OH is 1. The summed E-state index contributed by atoms with van der Waals surface area (Å²) in [5.41, 5.74) is 2.70. The molecule has 1 unspecified atom stereocenters. The van der Waals surface area contributed by atoms with Crippen LogP contribution in [0.25, 0.3) is 0 Å². The Morgan fingerprint density at radius 2 is 2.15 bits per heavy atom. The van der Waals surface area contributed by atoms with Crippen LogP contribution in [0.2, 0.25) is 0 Å². The summed E-state index contributed by atoms with van der Waals surface area (Å²) >= 11 is 0. The van der Waals surface area contributed by atoms with Crippen LogP contribution in [0, 0.1) is 0 Å². The third kappa shape index (κ3) is 2.96. The summed E-state index contributed by atoms with van der Waals surface area (Å²) in [6, 6.07) is 8.28. The summed E-state index contributed by atoms with van der Waals surface area (Å²) in [5.74, 6) is 0. The molecule has 1 atom stereocenters. The highest BCUT2D eigenvalue weighted by Crippen LogP contribution is 2.41. The maximum absolute atomic E-state index is 12.1. The quantitative estimate of drug-likeness (QED) is 0.891. The van der Waals surface area contributed by atoms with Crippen molar-refractivity contribution in [2.24, 2.45) is 0 Å². The molecule has 2 amide bonds. The molecule has 2 rings (SSSR count). The molecular formula is C16H24N2O2. The molecule has 0 heterocycles. The van der Waals surface area contributed by atoms with E-state index in [0.717, 1.165) is 12.8 Å². The second kappa shape index (κ2) is 5.83. The lowest BCUT2D eigenvalue weighted by molar-refractivity contribution is 0.184. The predicted molar refractivity (Wildman–Crippen MR) is 79.7 cm³/mol. The predicted octanol–water partition coefficient (Wildman–Crippen LogP) is 2.43. The molecule has 0 fully saturated rings. The van der Waals surface area contributed by atoms with Crippen LogP contribution in [-0.2, 0) is 5.41 Å². The summed E-state index contributed by atoms with van der Waals surface area (Å²) in [6.07, 6.45) is 2.00. The van der Waals surface area contributed by atoms with Crippen LogP contribution in [0.5, 0.6) is 0 Å². The minimum Gasteiger partial charge on any atom is -0.395 e. The Labute approximate surface area is 120 Å². The Morgan fingerprint density at radius 3 is 2.85 bits per heavy atom. The molecule has 0 aromatic heterocycles. The Hall–Kier alpha value is -1.55. The van der Waals surface area contributed by atoms with Crippen LogP contribution in [0.3, 0.4) is 0 Å². The lowest BCUT2D eigenvalue weighted by atomic mass is 9.71. The van der Waals surface area contributed by atoms with E-state index in [2.05, 4.69) is 37.4 Å². The average molecular weight is 276 g/mol. The van der Waals surface area contributed by atoms with Crippen LogP contribution in [-0.4, -0.2) is 36.2 Å². The highest BCUT2D eigenvalue weighted by molar-refractivity contribution is 5.74. The van der Waals surface area contributed by atoms with Gasteiger partial charge in [0.15, 0.2) is 0 Å². The first-order chi connectivity index (χ1) is 9.45. The summed E-state index contributed by atoms with van der Waals surface area (Å²) in [7, 11) is 1.70. The van der Waals surface area contributed by atoms with E-state index in [1.807, 2.05) is 6.07 Å². The number of nitrogens with one attached hydrogen (secondary N) is 1. The fraction of sp³-hybridized carbons (Fsp3) is 0.562. The first-order valence-corrected chi connectivity index (χ1v) is 7.17. The first kappa shape index (κ1) is 14.9. The standard InChI is InChI=1S/C16H24N2O2/c1-16(2)9-8-14(12-6-4-5-7-13(12)16)17-15(20)18(3)10-11-19/h4-7,14,19H,8-11H2,1-3H3,(H,17,20). The maximum atomic E-state index is 12.1. The number of aliphatic hydroxyl groups is 1. The molecule has 4 heteroatoms. The highest BCUT2D eigenvalue weighted by atomic mass is 16.3. The van der Waals surface area contributed by atoms with Gasteiger partial charge in [0, 0.05) is 13.6 Å². The topological polar surface area (TPSA) is 52.6 Å². The van der Waals surface area contributed by atoms with E-state index in [9.17, 15) is 4.79 Å². The number of rotatable bonds is 3. The average Bonchev–Trinajstić information content (AvgIpc) is 2.42. The van der Waals surface area contributed by atoms with Crippen molar-refractivity contribution in [2.75, 3.05) is 20.2 Å². The van der Waals surface area contributed by atoms with Crippen molar-refractivity contribution >= 4 is 6.03 Å². The van der Waals surface area contributed by atoms with Gasteiger partial charge in [-0.15, -0.1) is 0 Å². The molecule has 20 heavy (non-hydrogen) atoms. The van der Waals surface area contributed by atoms with Crippen molar-refractivity contribution in [3.05, 3.63) is 35.4 Å². The fourth-order valence-corrected chi connectivity index (χ4v) is 2.87. The lowest BCUT2D eigenvalue weighted by Crippen LogP contribution is -2.42. The van der Waals surface area contributed by atoms with Gasteiger partial charge >= 0.3 is 6.03 Å². The van der Waals surface area contributed by atoms with Crippen LogP contribution in [0.1, 0.15) is 43.9 Å². The van der Waals surface area contributed by atoms with E-state index in [-0.39, 0.29) is 24.1 Å². The minimum absolute atomic E-state index is 0.0157. The van der Waals surface area contributed by atoms with Gasteiger partial charge in [0.2, 0.25) is 0 Å². The number of urea groups is 1. The minimum atomic E-state index is -0.126. The monoisotopic (exact) mass is 276 g/mol. The number of carbonyl (C=O) groups excluding carboxylic acids is 1. The number of hydrogen-bond donors (Lipinski definition) is 2. The Kier molecular flexibility index (Phi) is 4.33. The lowest BCUT2D eigenvalue weighted by Gasteiger charge is -2.37. The zero-order chi connectivity index (χ0) is 14.8. The van der Waals surface area contributed by atoms with Gasteiger partial charge in [-0.3, -0.25) is 0 Å². The molecule has 0 saturated carbocycles. The second-order valence-electron chi connectivity index (χ2n) is 6.16. The Bertz CT molecular complexity index is 485. The van der Waals surface area contributed by atoms with Crippen molar-refractivity contribution in [3.63, 3.8) is 0 Å². The SMILES string of the molecule is CN(CCO)C(=O)NC1CCC(C)(C)c2ccccc21. The third-order valence-electron chi connectivity index (χ3n) is 4.20. The van der Waals surface area contributed by atoms with E-state index in [4.69, 9.17) is 5.11 Å². The van der Waals surface area contributed by atoms with Gasteiger partial charge < -0.3 is 15.3 Å². The largest absolute Gasteiger partial charge is 0.395 e. The zero-order valence-corrected chi connectivity index (χ0v) is 12.5. The molecule has 0 bridgehead atoms. The molecule has 0 spiro atoms. The molecule has 1 aromatic rings. The van der Waals surface area contributed by atoms with Gasteiger partial charge in [-0.25, -0.2) is 4.79 Å². The van der Waals surface area contributed by atoms with Gasteiger partial charge in [-0.2, -0.15) is 0 Å². The molecule has 0 saturated heterocycles. The summed E-state index contributed by atoms with van der Waals surface area (Å²) < 4.78 is 0. The van der Waals surface area contributed by atoms with E-state index < -0.39 is 0 Å². The molecule has 0 radical (unpaired) electrons. The van der Waals surface area contributed by atoms with Crippen molar-refractivity contribution in [1.82, 2.24) is 10.2 Å². The number of likely N-dealkylation sites (N-methyl/N-ethyl adjacent to an activating group) is 1.